The maximum Gasteiger partial charge on any atom is 0.338 e. The lowest BCUT2D eigenvalue weighted by atomic mass is 10.1. The summed E-state index contributed by atoms with van der Waals surface area (Å²) in [6.45, 7) is -0.392. The number of amides is 3. The van der Waals surface area contributed by atoms with Gasteiger partial charge in [-0.3, -0.25) is 19.3 Å². The molecule has 0 bridgehead atoms. The third-order valence-corrected chi connectivity index (χ3v) is 3.93. The molecule has 0 fully saturated rings. The average Bonchev–Trinajstić information content (AvgIpc) is 3.22. The molecule has 0 spiro atoms. The lowest BCUT2D eigenvalue weighted by Gasteiger charge is -2.11. The standard InChI is InChI=1S/C18H16N2O6/c1-19(2)15(21)10-26-18(24)11-5-6-13-14(8-11)17(23)20(16(13)22)9-12-4-3-7-25-12/h3-8H,9-10H2,1-2H3. The second-order valence-corrected chi connectivity index (χ2v) is 5.90. The van der Waals surface area contributed by atoms with Crippen molar-refractivity contribution in [3.8, 4) is 0 Å². The molecule has 0 radical (unpaired) electrons. The van der Waals surface area contributed by atoms with Crippen molar-refractivity contribution in [2.45, 2.75) is 6.54 Å². The van der Waals surface area contributed by atoms with Crippen LogP contribution in [0.25, 0.3) is 0 Å². The number of carbonyl (C=O) groups excluding carboxylic acids is 4. The summed E-state index contributed by atoms with van der Waals surface area (Å²) in [6, 6.07) is 7.43. The van der Waals surface area contributed by atoms with Crippen molar-refractivity contribution in [1.29, 1.82) is 0 Å². The van der Waals surface area contributed by atoms with E-state index in [1.807, 2.05) is 0 Å². The number of fused-ring (bicyclic) bond motifs is 1. The Morgan fingerprint density at radius 1 is 1.12 bits per heavy atom. The molecule has 0 aliphatic carbocycles. The van der Waals surface area contributed by atoms with Crippen molar-refractivity contribution >= 4 is 23.7 Å². The van der Waals surface area contributed by atoms with Crippen LogP contribution in [0.2, 0.25) is 0 Å². The zero-order valence-corrected chi connectivity index (χ0v) is 14.2. The molecule has 0 atom stereocenters. The molecular formula is C18H16N2O6. The van der Waals surface area contributed by atoms with E-state index in [-0.39, 0.29) is 29.1 Å². The highest BCUT2D eigenvalue weighted by atomic mass is 16.5. The molecule has 3 rings (SSSR count). The summed E-state index contributed by atoms with van der Waals surface area (Å²) in [5.74, 6) is -1.60. The molecule has 0 saturated heterocycles. The second-order valence-electron chi connectivity index (χ2n) is 5.90. The number of likely N-dealkylation sites (N-methyl/N-ethyl adjacent to an activating group) is 1. The van der Waals surface area contributed by atoms with Crippen LogP contribution in [0.1, 0.15) is 36.8 Å². The fourth-order valence-electron chi connectivity index (χ4n) is 2.46. The number of carbonyl (C=O) groups is 4. The van der Waals surface area contributed by atoms with Gasteiger partial charge in [-0.2, -0.15) is 0 Å². The van der Waals surface area contributed by atoms with Gasteiger partial charge in [-0.1, -0.05) is 0 Å². The Balaban J connectivity index is 1.76. The molecule has 8 heteroatoms. The molecule has 1 aromatic carbocycles. The molecule has 2 aromatic rings. The lowest BCUT2D eigenvalue weighted by molar-refractivity contribution is -0.131. The summed E-state index contributed by atoms with van der Waals surface area (Å²) in [4.78, 5) is 50.8. The molecule has 0 unspecified atom stereocenters. The Morgan fingerprint density at radius 3 is 2.50 bits per heavy atom. The zero-order chi connectivity index (χ0) is 18.8. The third-order valence-electron chi connectivity index (χ3n) is 3.93. The summed E-state index contributed by atoms with van der Waals surface area (Å²) in [7, 11) is 3.09. The quantitative estimate of drug-likeness (QED) is 0.592. The van der Waals surface area contributed by atoms with Gasteiger partial charge >= 0.3 is 5.97 Å². The van der Waals surface area contributed by atoms with Crippen molar-refractivity contribution in [1.82, 2.24) is 9.80 Å². The first-order valence-electron chi connectivity index (χ1n) is 7.78. The minimum atomic E-state index is -0.743. The van der Waals surface area contributed by atoms with Crippen LogP contribution in [0.3, 0.4) is 0 Å². The summed E-state index contributed by atoms with van der Waals surface area (Å²) in [5.41, 5.74) is 0.425. The van der Waals surface area contributed by atoms with Crippen molar-refractivity contribution < 1.29 is 28.3 Å². The van der Waals surface area contributed by atoms with Crippen molar-refractivity contribution in [3.05, 3.63) is 59.0 Å². The first-order valence-corrected chi connectivity index (χ1v) is 7.78. The smallest absolute Gasteiger partial charge is 0.338 e. The van der Waals surface area contributed by atoms with Gasteiger partial charge in [0.25, 0.3) is 17.7 Å². The Hall–Kier alpha value is -3.42. The Labute approximate surface area is 148 Å². The van der Waals surface area contributed by atoms with Gasteiger partial charge in [0, 0.05) is 14.1 Å². The number of nitrogens with zero attached hydrogens (tertiary/aromatic N) is 2. The van der Waals surface area contributed by atoms with Crippen LogP contribution in [0.4, 0.5) is 0 Å². The maximum atomic E-state index is 12.5. The Morgan fingerprint density at radius 2 is 1.85 bits per heavy atom. The topological polar surface area (TPSA) is 97.1 Å². The van der Waals surface area contributed by atoms with E-state index >= 15 is 0 Å². The van der Waals surface area contributed by atoms with Gasteiger partial charge in [0.2, 0.25) is 0 Å². The van der Waals surface area contributed by atoms with E-state index in [1.165, 1.54) is 29.4 Å². The van der Waals surface area contributed by atoms with Crippen LogP contribution in [0.5, 0.6) is 0 Å². The van der Waals surface area contributed by atoms with E-state index in [2.05, 4.69) is 0 Å². The predicted molar refractivity (Wildman–Crippen MR) is 88.3 cm³/mol. The molecule has 26 heavy (non-hydrogen) atoms. The number of ether oxygens (including phenoxy) is 1. The van der Waals surface area contributed by atoms with Crippen LogP contribution in [-0.2, 0) is 16.1 Å². The molecule has 0 saturated carbocycles. The van der Waals surface area contributed by atoms with Gasteiger partial charge in [-0.25, -0.2) is 4.79 Å². The zero-order valence-electron chi connectivity index (χ0n) is 14.2. The highest BCUT2D eigenvalue weighted by Gasteiger charge is 2.36. The van der Waals surface area contributed by atoms with Crippen LogP contribution < -0.4 is 0 Å². The molecule has 1 aliphatic heterocycles. The van der Waals surface area contributed by atoms with Crippen LogP contribution >= 0.6 is 0 Å². The van der Waals surface area contributed by atoms with Gasteiger partial charge < -0.3 is 14.1 Å². The van der Waals surface area contributed by atoms with Crippen molar-refractivity contribution in [2.24, 2.45) is 0 Å². The number of furan rings is 1. The van der Waals surface area contributed by atoms with E-state index in [0.717, 1.165) is 4.90 Å². The largest absolute Gasteiger partial charge is 0.467 e. The number of hydrogen-bond donors (Lipinski definition) is 0. The molecule has 3 amide bonds. The molecule has 0 N–H and O–H groups in total. The van der Waals surface area contributed by atoms with Crippen LogP contribution in [0.15, 0.2) is 41.0 Å². The minimum absolute atomic E-state index is 0.0104. The fraction of sp³-hybridized carbons (Fsp3) is 0.222. The van der Waals surface area contributed by atoms with E-state index in [4.69, 9.17) is 9.15 Å². The molecule has 1 aliphatic rings. The number of esters is 1. The summed E-state index contributed by atoms with van der Waals surface area (Å²) >= 11 is 0. The summed E-state index contributed by atoms with van der Waals surface area (Å²) in [5, 5.41) is 0. The van der Waals surface area contributed by atoms with Gasteiger partial charge in [0.15, 0.2) is 6.61 Å². The first kappa shape index (κ1) is 17.4. The number of rotatable bonds is 5. The molecule has 134 valence electrons. The van der Waals surface area contributed by atoms with Crippen molar-refractivity contribution in [3.63, 3.8) is 0 Å². The lowest BCUT2D eigenvalue weighted by Crippen LogP contribution is -2.28. The van der Waals surface area contributed by atoms with E-state index in [0.29, 0.717) is 5.76 Å². The first-order chi connectivity index (χ1) is 12.4. The normalized spacial score (nSPS) is 12.9. The Bertz CT molecular complexity index is 885. The summed E-state index contributed by atoms with van der Waals surface area (Å²) in [6.07, 6.45) is 1.45. The molecule has 2 heterocycles. The number of imide groups is 1. The maximum absolute atomic E-state index is 12.5. The van der Waals surface area contributed by atoms with Crippen molar-refractivity contribution in [2.75, 3.05) is 20.7 Å². The third kappa shape index (κ3) is 3.21. The second kappa shape index (κ2) is 6.83. The number of benzene rings is 1. The van der Waals surface area contributed by atoms with Crippen LogP contribution in [-0.4, -0.2) is 54.2 Å². The van der Waals surface area contributed by atoms with Crippen LogP contribution in [0, 0.1) is 0 Å². The molecule has 8 nitrogen and oxygen atoms in total. The van der Waals surface area contributed by atoms with E-state index in [1.54, 1.807) is 26.2 Å². The van der Waals surface area contributed by atoms with Gasteiger partial charge in [-0.05, 0) is 30.3 Å². The highest BCUT2D eigenvalue weighted by Crippen LogP contribution is 2.26. The monoisotopic (exact) mass is 356 g/mol. The van der Waals surface area contributed by atoms with Gasteiger partial charge in [0.05, 0.1) is 29.5 Å². The van der Waals surface area contributed by atoms with E-state index in [9.17, 15) is 19.2 Å². The SMILES string of the molecule is CN(C)C(=O)COC(=O)c1ccc2c(c1)C(=O)N(Cc1ccco1)C2=O. The molecule has 1 aromatic heterocycles. The minimum Gasteiger partial charge on any atom is -0.467 e. The number of hydrogen-bond acceptors (Lipinski definition) is 6. The van der Waals surface area contributed by atoms with Gasteiger partial charge in [0.1, 0.15) is 5.76 Å². The summed E-state index contributed by atoms with van der Waals surface area (Å²) < 4.78 is 10.1. The predicted octanol–water partition coefficient (Wildman–Crippen LogP) is 1.32. The highest BCUT2D eigenvalue weighted by molar-refractivity contribution is 6.21. The average molecular weight is 356 g/mol. The Kier molecular flexibility index (Phi) is 4.57. The van der Waals surface area contributed by atoms with Gasteiger partial charge in [-0.15, -0.1) is 0 Å². The molecular weight excluding hydrogens is 340 g/mol. The van der Waals surface area contributed by atoms with E-state index < -0.39 is 24.4 Å². The fourth-order valence-corrected chi connectivity index (χ4v) is 2.46.